The van der Waals surface area contributed by atoms with E-state index in [1.54, 1.807) is 6.07 Å². The van der Waals surface area contributed by atoms with E-state index in [1.807, 2.05) is 0 Å². The number of aromatic amines is 1. The molecule has 1 aromatic rings. The molecule has 0 aliphatic heterocycles. The van der Waals surface area contributed by atoms with Crippen LogP contribution in [0.3, 0.4) is 0 Å². The molecule has 3 fully saturated rings. The lowest BCUT2D eigenvalue weighted by Gasteiger charge is -2.09. The third-order valence-corrected chi connectivity index (χ3v) is 4.88. The Morgan fingerprint density at radius 2 is 2.12 bits per heavy atom. The molecule has 3 aliphatic carbocycles. The number of H-pyrrole nitrogens is 1. The van der Waals surface area contributed by atoms with Crippen LogP contribution in [0.2, 0.25) is 0 Å². The van der Waals surface area contributed by atoms with Crippen molar-refractivity contribution < 1.29 is 4.79 Å². The molecule has 0 radical (unpaired) electrons. The molecular formula is C12H16N4O. The van der Waals surface area contributed by atoms with Crippen LogP contribution in [0, 0.1) is 23.7 Å². The smallest absolute Gasteiger partial charge is 0.269 e. The number of carbonyl (C=O) groups is 1. The molecule has 1 heterocycles. The van der Waals surface area contributed by atoms with E-state index in [0.29, 0.717) is 17.6 Å². The zero-order chi connectivity index (χ0) is 11.6. The highest BCUT2D eigenvalue weighted by atomic mass is 16.2. The number of anilines is 1. The summed E-state index contributed by atoms with van der Waals surface area (Å²) in [5.74, 6) is 3.58. The van der Waals surface area contributed by atoms with Gasteiger partial charge in [0.2, 0.25) is 0 Å². The average molecular weight is 232 g/mol. The molecule has 4 unspecified atom stereocenters. The van der Waals surface area contributed by atoms with Crippen LogP contribution >= 0.6 is 0 Å². The fourth-order valence-corrected chi connectivity index (χ4v) is 4.20. The first-order valence-electron chi connectivity index (χ1n) is 6.36. The number of nitrogens with zero attached hydrogens (tertiary/aromatic N) is 1. The molecule has 3 saturated carbocycles. The Kier molecular flexibility index (Phi) is 1.69. The summed E-state index contributed by atoms with van der Waals surface area (Å²) in [6.07, 6.45) is 4.14. The highest BCUT2D eigenvalue weighted by Gasteiger charge is 2.65. The van der Waals surface area contributed by atoms with E-state index in [-0.39, 0.29) is 5.91 Å². The number of hydrogen-bond acceptors (Lipinski definition) is 3. The fourth-order valence-electron chi connectivity index (χ4n) is 4.20. The molecule has 17 heavy (non-hydrogen) atoms. The first-order valence-corrected chi connectivity index (χ1v) is 6.36. The van der Waals surface area contributed by atoms with Crippen molar-refractivity contribution in [3.63, 3.8) is 0 Å². The lowest BCUT2D eigenvalue weighted by atomic mass is 10.0. The number of nitrogens with one attached hydrogen (secondary N) is 2. The number of nitrogens with two attached hydrogens (primary N) is 1. The van der Waals surface area contributed by atoms with Gasteiger partial charge in [0.25, 0.3) is 5.91 Å². The number of carbonyl (C=O) groups excluding carboxylic acids is 1. The quantitative estimate of drug-likeness (QED) is 0.704. The van der Waals surface area contributed by atoms with Crippen LogP contribution in [0.1, 0.15) is 29.8 Å². The molecule has 1 aromatic heterocycles. The zero-order valence-electron chi connectivity index (χ0n) is 9.52. The van der Waals surface area contributed by atoms with Gasteiger partial charge >= 0.3 is 0 Å². The van der Waals surface area contributed by atoms with E-state index in [2.05, 4.69) is 15.5 Å². The minimum absolute atomic E-state index is 0.0620. The third kappa shape index (κ3) is 1.25. The van der Waals surface area contributed by atoms with Crippen LogP contribution in [-0.4, -0.2) is 22.1 Å². The summed E-state index contributed by atoms with van der Waals surface area (Å²) in [5.41, 5.74) is 5.96. The molecule has 4 atom stereocenters. The van der Waals surface area contributed by atoms with Gasteiger partial charge in [-0.15, -0.1) is 0 Å². The van der Waals surface area contributed by atoms with Gasteiger partial charge in [-0.1, -0.05) is 0 Å². The minimum atomic E-state index is -0.0620. The van der Waals surface area contributed by atoms with E-state index >= 15 is 0 Å². The Balaban J connectivity index is 1.45. The number of amides is 1. The minimum Gasteiger partial charge on any atom is -0.382 e. The van der Waals surface area contributed by atoms with Crippen LogP contribution in [0.15, 0.2) is 6.07 Å². The van der Waals surface area contributed by atoms with Crippen LogP contribution < -0.4 is 11.1 Å². The van der Waals surface area contributed by atoms with Gasteiger partial charge in [-0.25, -0.2) is 0 Å². The van der Waals surface area contributed by atoms with Crippen molar-refractivity contribution in [3.8, 4) is 0 Å². The molecule has 4 N–H and O–H groups in total. The predicted molar refractivity (Wildman–Crippen MR) is 62.1 cm³/mol. The van der Waals surface area contributed by atoms with Crippen molar-refractivity contribution in [2.45, 2.75) is 25.3 Å². The summed E-state index contributed by atoms with van der Waals surface area (Å²) in [6.45, 7) is 0. The number of aromatic nitrogens is 2. The van der Waals surface area contributed by atoms with Crippen LogP contribution in [0.5, 0.6) is 0 Å². The highest BCUT2D eigenvalue weighted by Crippen LogP contribution is 2.65. The van der Waals surface area contributed by atoms with Gasteiger partial charge in [0.05, 0.1) is 0 Å². The van der Waals surface area contributed by atoms with Crippen molar-refractivity contribution in [1.82, 2.24) is 15.5 Å². The Morgan fingerprint density at radius 1 is 1.41 bits per heavy atom. The highest BCUT2D eigenvalue weighted by molar-refractivity contribution is 5.93. The van der Waals surface area contributed by atoms with Crippen molar-refractivity contribution in [1.29, 1.82) is 0 Å². The first kappa shape index (κ1) is 9.50. The van der Waals surface area contributed by atoms with Gasteiger partial charge in [-0.3, -0.25) is 9.89 Å². The maximum Gasteiger partial charge on any atom is 0.269 e. The zero-order valence-corrected chi connectivity index (χ0v) is 9.52. The van der Waals surface area contributed by atoms with Gasteiger partial charge in [0.15, 0.2) is 0 Å². The molecule has 3 aliphatic rings. The summed E-state index contributed by atoms with van der Waals surface area (Å²) in [7, 11) is 0. The van der Waals surface area contributed by atoms with E-state index in [0.717, 1.165) is 23.7 Å². The third-order valence-electron chi connectivity index (χ3n) is 4.88. The second-order valence-electron chi connectivity index (χ2n) is 5.69. The monoisotopic (exact) mass is 232 g/mol. The van der Waals surface area contributed by atoms with Gasteiger partial charge in [0.1, 0.15) is 11.5 Å². The number of rotatable bonds is 2. The average Bonchev–Trinajstić information content (AvgIpc) is 2.77. The SMILES string of the molecule is Nc1cc(C(=O)NC2C3C4CCC(C4)C23)[nH]n1. The molecule has 4 rings (SSSR count). The van der Waals surface area contributed by atoms with Gasteiger partial charge in [-0.05, 0) is 42.9 Å². The topological polar surface area (TPSA) is 83.8 Å². The molecule has 1 amide bonds. The first-order chi connectivity index (χ1) is 8.24. The number of hydrogen-bond donors (Lipinski definition) is 3. The Hall–Kier alpha value is -1.52. The van der Waals surface area contributed by atoms with Gasteiger partial charge < -0.3 is 11.1 Å². The van der Waals surface area contributed by atoms with E-state index < -0.39 is 0 Å². The van der Waals surface area contributed by atoms with Crippen LogP contribution in [0.25, 0.3) is 0 Å². The van der Waals surface area contributed by atoms with Gasteiger partial charge in [-0.2, -0.15) is 5.10 Å². The standard InChI is InChI=1S/C12H16N4O/c13-8-4-7(15-16-8)12(17)14-11-9-5-1-2-6(3-5)10(9)11/h4-6,9-11H,1-3H2,(H,14,17)(H3,13,15,16). The maximum atomic E-state index is 11.9. The molecule has 0 spiro atoms. The van der Waals surface area contributed by atoms with E-state index in [9.17, 15) is 4.79 Å². The largest absolute Gasteiger partial charge is 0.382 e. The van der Waals surface area contributed by atoms with E-state index in [4.69, 9.17) is 5.73 Å². The van der Waals surface area contributed by atoms with Gasteiger partial charge in [0, 0.05) is 12.1 Å². The number of nitrogen functional groups attached to an aromatic ring is 1. The maximum absolute atomic E-state index is 11.9. The second-order valence-corrected chi connectivity index (χ2v) is 5.69. The molecule has 2 bridgehead atoms. The Bertz CT molecular complexity index is 467. The normalized spacial score (nSPS) is 41.3. The van der Waals surface area contributed by atoms with E-state index in [1.165, 1.54) is 19.3 Å². The predicted octanol–water partition coefficient (Wildman–Crippen LogP) is 0.766. The molecule has 5 nitrogen and oxygen atoms in total. The summed E-state index contributed by atoms with van der Waals surface area (Å²) in [4.78, 5) is 11.9. The summed E-state index contributed by atoms with van der Waals surface area (Å²) in [5, 5.41) is 9.55. The van der Waals surface area contributed by atoms with Crippen molar-refractivity contribution in [3.05, 3.63) is 11.8 Å². The second kappa shape index (κ2) is 3.03. The van der Waals surface area contributed by atoms with Crippen molar-refractivity contribution >= 4 is 11.7 Å². The van der Waals surface area contributed by atoms with Crippen LogP contribution in [-0.2, 0) is 0 Å². The molecule has 90 valence electrons. The van der Waals surface area contributed by atoms with Crippen molar-refractivity contribution in [2.24, 2.45) is 23.7 Å². The Labute approximate surface area is 99.1 Å². The molecule has 5 heteroatoms. The molecular weight excluding hydrogens is 216 g/mol. The number of fused-ring (bicyclic) bond motifs is 5. The lowest BCUT2D eigenvalue weighted by Crippen LogP contribution is -2.30. The molecule has 0 saturated heterocycles. The fraction of sp³-hybridized carbons (Fsp3) is 0.667. The van der Waals surface area contributed by atoms with Crippen molar-refractivity contribution in [2.75, 3.05) is 5.73 Å². The lowest BCUT2D eigenvalue weighted by molar-refractivity contribution is 0.0939. The van der Waals surface area contributed by atoms with Crippen LogP contribution in [0.4, 0.5) is 5.82 Å². The summed E-state index contributed by atoms with van der Waals surface area (Å²) >= 11 is 0. The summed E-state index contributed by atoms with van der Waals surface area (Å²) in [6, 6.07) is 2.00. The molecule has 0 aromatic carbocycles. The summed E-state index contributed by atoms with van der Waals surface area (Å²) < 4.78 is 0. The Morgan fingerprint density at radius 3 is 2.71 bits per heavy atom.